The summed E-state index contributed by atoms with van der Waals surface area (Å²) in [5, 5.41) is 2.86. The van der Waals surface area contributed by atoms with Gasteiger partial charge in [-0.25, -0.2) is 8.42 Å². The number of hydrogen-bond donors (Lipinski definition) is 2. The highest BCUT2D eigenvalue weighted by Gasteiger charge is 2.27. The van der Waals surface area contributed by atoms with Gasteiger partial charge in [0, 0.05) is 30.4 Å². The number of hydrogen-bond acceptors (Lipinski definition) is 5. The Morgan fingerprint density at radius 3 is 2.23 bits per heavy atom. The minimum absolute atomic E-state index is 0.0313. The van der Waals surface area contributed by atoms with Crippen molar-refractivity contribution in [1.82, 2.24) is 4.90 Å². The predicted octanol–water partition coefficient (Wildman–Crippen LogP) is 2.70. The lowest BCUT2D eigenvalue weighted by atomic mass is 9.95. The quantitative estimate of drug-likeness (QED) is 0.650. The molecule has 0 spiro atoms. The fourth-order valence-corrected chi connectivity index (χ4v) is 3.97. The molecule has 0 aromatic heterocycles. The molecule has 1 heterocycles. The van der Waals surface area contributed by atoms with Crippen molar-refractivity contribution in [3.8, 4) is 5.75 Å². The van der Waals surface area contributed by atoms with Gasteiger partial charge in [0.25, 0.3) is 0 Å². The number of carbonyl (C=O) groups is 2. The van der Waals surface area contributed by atoms with Crippen molar-refractivity contribution in [1.29, 1.82) is 0 Å². The van der Waals surface area contributed by atoms with E-state index in [4.69, 9.17) is 4.74 Å². The summed E-state index contributed by atoms with van der Waals surface area (Å²) in [7, 11) is -3.34. The van der Waals surface area contributed by atoms with Gasteiger partial charge in [-0.2, -0.15) is 0 Å². The Labute approximate surface area is 182 Å². The molecular formula is C22H27N3O5S. The van der Waals surface area contributed by atoms with Crippen LogP contribution in [0.25, 0.3) is 0 Å². The number of para-hydroxylation sites is 1. The highest BCUT2D eigenvalue weighted by atomic mass is 32.2. The van der Waals surface area contributed by atoms with Crippen LogP contribution < -0.4 is 14.8 Å². The number of rotatable bonds is 8. The van der Waals surface area contributed by atoms with Crippen LogP contribution in [-0.2, 0) is 19.6 Å². The topological polar surface area (TPSA) is 105 Å². The Hall–Kier alpha value is -3.07. The Morgan fingerprint density at radius 1 is 1.00 bits per heavy atom. The van der Waals surface area contributed by atoms with Crippen LogP contribution in [0.4, 0.5) is 11.4 Å². The van der Waals surface area contributed by atoms with Gasteiger partial charge in [-0.3, -0.25) is 14.3 Å². The van der Waals surface area contributed by atoms with Crippen molar-refractivity contribution < 1.29 is 22.7 Å². The Morgan fingerprint density at radius 2 is 1.61 bits per heavy atom. The third-order valence-corrected chi connectivity index (χ3v) is 5.61. The second kappa shape index (κ2) is 10.3. The summed E-state index contributed by atoms with van der Waals surface area (Å²) in [6.07, 6.45) is 2.59. The Balaban J connectivity index is 1.40. The second-order valence-electron chi connectivity index (χ2n) is 7.51. The van der Waals surface area contributed by atoms with Gasteiger partial charge >= 0.3 is 0 Å². The maximum absolute atomic E-state index is 12.5. The lowest BCUT2D eigenvalue weighted by Crippen LogP contribution is -2.41. The van der Waals surface area contributed by atoms with Crippen molar-refractivity contribution in [2.75, 3.05) is 36.0 Å². The molecule has 0 saturated carbocycles. The molecular weight excluding hydrogens is 418 g/mol. The summed E-state index contributed by atoms with van der Waals surface area (Å²) in [6, 6.07) is 15.9. The second-order valence-corrected chi connectivity index (χ2v) is 9.26. The molecule has 166 valence electrons. The molecule has 0 atom stereocenters. The van der Waals surface area contributed by atoms with E-state index in [-0.39, 0.29) is 17.7 Å². The van der Waals surface area contributed by atoms with Gasteiger partial charge in [-0.15, -0.1) is 0 Å². The van der Waals surface area contributed by atoms with Crippen molar-refractivity contribution in [2.45, 2.75) is 19.3 Å². The molecule has 3 rings (SSSR count). The minimum Gasteiger partial charge on any atom is -0.493 e. The fourth-order valence-electron chi connectivity index (χ4n) is 3.40. The third kappa shape index (κ3) is 7.29. The van der Waals surface area contributed by atoms with E-state index in [1.807, 2.05) is 30.3 Å². The maximum atomic E-state index is 12.5. The summed E-state index contributed by atoms with van der Waals surface area (Å²) in [4.78, 5) is 26.7. The molecule has 0 unspecified atom stereocenters. The average molecular weight is 446 g/mol. The zero-order valence-electron chi connectivity index (χ0n) is 17.4. The summed E-state index contributed by atoms with van der Waals surface area (Å²) in [5.74, 6) is 0.510. The third-order valence-electron chi connectivity index (χ3n) is 5.00. The zero-order chi connectivity index (χ0) is 22.3. The van der Waals surface area contributed by atoms with Crippen molar-refractivity contribution in [2.24, 2.45) is 5.92 Å². The van der Waals surface area contributed by atoms with Gasteiger partial charge in [0.2, 0.25) is 21.8 Å². The smallest absolute Gasteiger partial charge is 0.229 e. The minimum atomic E-state index is -3.34. The normalized spacial score (nSPS) is 14.7. The number of benzene rings is 2. The van der Waals surface area contributed by atoms with Crippen LogP contribution in [0.1, 0.15) is 19.3 Å². The van der Waals surface area contributed by atoms with E-state index >= 15 is 0 Å². The van der Waals surface area contributed by atoms with Crippen LogP contribution in [0.15, 0.2) is 54.6 Å². The van der Waals surface area contributed by atoms with E-state index in [0.717, 1.165) is 12.0 Å². The lowest BCUT2D eigenvalue weighted by Gasteiger charge is -2.31. The first-order valence-electron chi connectivity index (χ1n) is 10.1. The van der Waals surface area contributed by atoms with Gasteiger partial charge in [0.05, 0.1) is 19.3 Å². The van der Waals surface area contributed by atoms with Gasteiger partial charge < -0.3 is 15.0 Å². The highest BCUT2D eigenvalue weighted by molar-refractivity contribution is 7.92. The Bertz CT molecular complexity index is 986. The van der Waals surface area contributed by atoms with Gasteiger partial charge in [0.15, 0.2) is 0 Å². The van der Waals surface area contributed by atoms with Crippen LogP contribution in [0.3, 0.4) is 0 Å². The monoisotopic (exact) mass is 445 g/mol. The first-order valence-corrected chi connectivity index (χ1v) is 12.0. The summed E-state index contributed by atoms with van der Waals surface area (Å²) in [6.45, 7) is 1.41. The molecule has 9 heteroatoms. The van der Waals surface area contributed by atoms with E-state index in [2.05, 4.69) is 10.0 Å². The average Bonchev–Trinajstić information content (AvgIpc) is 2.75. The number of nitrogens with one attached hydrogen (secondary N) is 2. The van der Waals surface area contributed by atoms with Gasteiger partial charge in [-0.05, 0) is 49.2 Å². The summed E-state index contributed by atoms with van der Waals surface area (Å²) >= 11 is 0. The predicted molar refractivity (Wildman–Crippen MR) is 119 cm³/mol. The number of carbonyl (C=O) groups excluding carboxylic acids is 2. The van der Waals surface area contributed by atoms with E-state index < -0.39 is 10.0 Å². The number of ether oxygens (including phenoxy) is 1. The summed E-state index contributed by atoms with van der Waals surface area (Å²) in [5.41, 5.74) is 1.03. The molecule has 0 radical (unpaired) electrons. The van der Waals surface area contributed by atoms with Gasteiger partial charge in [0.1, 0.15) is 5.75 Å². The van der Waals surface area contributed by atoms with Crippen molar-refractivity contribution >= 4 is 33.2 Å². The van der Waals surface area contributed by atoms with E-state index in [9.17, 15) is 18.0 Å². The molecule has 8 nitrogen and oxygen atoms in total. The number of sulfonamides is 1. The van der Waals surface area contributed by atoms with Crippen molar-refractivity contribution in [3.05, 3.63) is 54.6 Å². The molecule has 2 N–H and O–H groups in total. The largest absolute Gasteiger partial charge is 0.493 e. The number of piperidine rings is 1. The zero-order valence-corrected chi connectivity index (χ0v) is 18.2. The first kappa shape index (κ1) is 22.6. The molecule has 1 aliphatic heterocycles. The molecule has 0 aliphatic carbocycles. The van der Waals surface area contributed by atoms with Crippen LogP contribution in [0, 0.1) is 5.92 Å². The summed E-state index contributed by atoms with van der Waals surface area (Å²) < 4.78 is 30.5. The van der Waals surface area contributed by atoms with E-state index in [0.29, 0.717) is 50.3 Å². The first-order chi connectivity index (χ1) is 14.8. The van der Waals surface area contributed by atoms with E-state index in [1.165, 1.54) is 0 Å². The van der Waals surface area contributed by atoms with E-state index in [1.54, 1.807) is 29.2 Å². The van der Waals surface area contributed by atoms with Crippen LogP contribution in [-0.4, -0.2) is 51.1 Å². The molecule has 2 amide bonds. The molecule has 1 saturated heterocycles. The van der Waals surface area contributed by atoms with Gasteiger partial charge in [-0.1, -0.05) is 18.2 Å². The molecule has 1 aliphatic rings. The molecule has 0 bridgehead atoms. The highest BCUT2D eigenvalue weighted by Crippen LogP contribution is 2.21. The molecule has 2 aromatic rings. The van der Waals surface area contributed by atoms with Crippen LogP contribution in [0.5, 0.6) is 5.75 Å². The maximum Gasteiger partial charge on any atom is 0.229 e. The number of nitrogens with zero attached hydrogens (tertiary/aromatic N) is 1. The lowest BCUT2D eigenvalue weighted by molar-refractivity contribution is -0.135. The number of likely N-dealkylation sites (tertiary alicyclic amines) is 1. The molecule has 31 heavy (non-hydrogen) atoms. The number of anilines is 2. The standard InChI is InChI=1S/C22H27N3O5S/c1-31(28,29)24-19-9-7-18(8-10-19)23-22(27)17-11-14-25(15-12-17)21(26)13-16-30-20-5-3-2-4-6-20/h2-10,17,24H,11-16H2,1H3,(H,23,27). The van der Waals surface area contributed by atoms with Crippen molar-refractivity contribution in [3.63, 3.8) is 0 Å². The van der Waals surface area contributed by atoms with Crippen LogP contribution in [0.2, 0.25) is 0 Å². The number of amides is 2. The van der Waals surface area contributed by atoms with Crippen LogP contribution >= 0.6 is 0 Å². The molecule has 2 aromatic carbocycles. The SMILES string of the molecule is CS(=O)(=O)Nc1ccc(NC(=O)C2CCN(C(=O)CCOc3ccccc3)CC2)cc1. The molecule has 1 fully saturated rings. The fraction of sp³-hybridized carbons (Fsp3) is 0.364. The Kier molecular flexibility index (Phi) is 7.51.